The number of hydrogen-bond acceptors (Lipinski definition) is 6. The van der Waals surface area contributed by atoms with E-state index in [4.69, 9.17) is 14.2 Å². The average molecular weight is 975 g/mol. The SMILES string of the molecule is CC/C=C\C/C=C\C/C=C\C/C=C\C/C=C\C/C=C\CCCCCCC(=O)OCC(COC(=O)CC/C=C\C/C=C\C/C=C\C/C=C\CC)OC(=O)CCCCCC/C=C\C/C=C\C/C=C\C/C=C\CC. The number of carbonyl (C=O) groups is 3. The first kappa shape index (κ1) is 65.8. The molecule has 0 saturated heterocycles. The van der Waals surface area contributed by atoms with Crippen molar-refractivity contribution >= 4 is 17.9 Å². The molecule has 0 fully saturated rings. The van der Waals surface area contributed by atoms with Crippen LogP contribution in [0.4, 0.5) is 0 Å². The first-order chi connectivity index (χ1) is 35.0. The van der Waals surface area contributed by atoms with Crippen LogP contribution in [0.3, 0.4) is 0 Å². The summed E-state index contributed by atoms with van der Waals surface area (Å²) in [6, 6.07) is 0. The van der Waals surface area contributed by atoms with Crippen LogP contribution in [-0.2, 0) is 28.6 Å². The fourth-order valence-electron chi connectivity index (χ4n) is 6.68. The summed E-state index contributed by atoms with van der Waals surface area (Å²) in [4.78, 5) is 38.1. The quantitative estimate of drug-likeness (QED) is 0.0262. The standard InChI is InChI=1S/C65H98O6/c1-4-7-10-13-16-19-22-25-27-29-30-31-32-33-34-36-37-40-43-46-49-52-55-58-64(67)70-61-62(60-69-63(66)57-54-51-48-45-42-39-24-21-18-15-12-9-6-3)71-65(68)59-56-53-50-47-44-41-38-35-28-26-23-20-17-14-11-8-5-2/h7-12,16-21,25-28,30-31,33-34,37-42,48,51,62H,4-6,13-15,22-24,29,32,35-36,43-47,49-50,52-61H2,1-3H3/b10-7-,11-8-,12-9-,19-16-,20-17-,21-18-,27-25-,28-26-,31-30-,34-33-,40-37-,41-38-,42-39-,51-48-. The molecule has 0 rings (SSSR count). The molecule has 0 aromatic carbocycles. The molecule has 0 aliphatic heterocycles. The van der Waals surface area contributed by atoms with Gasteiger partial charge in [0.15, 0.2) is 6.10 Å². The Hall–Kier alpha value is -5.23. The van der Waals surface area contributed by atoms with Gasteiger partial charge in [-0.25, -0.2) is 0 Å². The maximum Gasteiger partial charge on any atom is 0.306 e. The van der Waals surface area contributed by atoms with Crippen molar-refractivity contribution in [2.24, 2.45) is 0 Å². The first-order valence-corrected chi connectivity index (χ1v) is 27.6. The third-order valence-electron chi connectivity index (χ3n) is 10.7. The first-order valence-electron chi connectivity index (χ1n) is 27.6. The zero-order valence-corrected chi connectivity index (χ0v) is 44.9. The molecule has 0 aliphatic carbocycles. The number of carbonyl (C=O) groups excluding carboxylic acids is 3. The molecule has 0 bridgehead atoms. The Morgan fingerprint density at radius 3 is 0.859 bits per heavy atom. The van der Waals surface area contributed by atoms with E-state index < -0.39 is 6.10 Å². The minimum Gasteiger partial charge on any atom is -0.462 e. The number of esters is 3. The van der Waals surface area contributed by atoms with Crippen LogP contribution < -0.4 is 0 Å². The number of unbranched alkanes of at least 4 members (excludes halogenated alkanes) is 8. The van der Waals surface area contributed by atoms with Crippen molar-refractivity contribution < 1.29 is 28.6 Å². The molecule has 6 heteroatoms. The molecule has 0 saturated carbocycles. The fourth-order valence-corrected chi connectivity index (χ4v) is 6.68. The Kier molecular flexibility index (Phi) is 53.1. The number of hydrogen-bond donors (Lipinski definition) is 0. The number of rotatable bonds is 47. The van der Waals surface area contributed by atoms with Gasteiger partial charge in [-0.1, -0.05) is 217 Å². The smallest absolute Gasteiger partial charge is 0.306 e. The lowest BCUT2D eigenvalue weighted by molar-refractivity contribution is -0.166. The van der Waals surface area contributed by atoms with E-state index in [9.17, 15) is 14.4 Å². The third kappa shape index (κ3) is 55.6. The Bertz CT molecular complexity index is 1690. The van der Waals surface area contributed by atoms with Crippen LogP contribution in [0.2, 0.25) is 0 Å². The second kappa shape index (κ2) is 57.3. The molecule has 0 aliphatic rings. The molecule has 0 amide bonds. The Balaban J connectivity index is 4.56. The number of allylic oxidation sites excluding steroid dienone is 28. The molecule has 6 nitrogen and oxygen atoms in total. The van der Waals surface area contributed by atoms with Gasteiger partial charge in [-0.2, -0.15) is 0 Å². The second-order valence-corrected chi connectivity index (χ2v) is 17.3. The van der Waals surface area contributed by atoms with E-state index in [1.165, 1.54) is 0 Å². The fraction of sp³-hybridized carbons (Fsp3) is 0.523. The highest BCUT2D eigenvalue weighted by molar-refractivity contribution is 5.71. The lowest BCUT2D eigenvalue weighted by atomic mass is 10.1. The van der Waals surface area contributed by atoms with Gasteiger partial charge in [0.2, 0.25) is 0 Å². The third-order valence-corrected chi connectivity index (χ3v) is 10.7. The minimum atomic E-state index is -0.840. The molecule has 0 radical (unpaired) electrons. The Morgan fingerprint density at radius 1 is 0.282 bits per heavy atom. The summed E-state index contributed by atoms with van der Waals surface area (Å²) in [7, 11) is 0. The minimum absolute atomic E-state index is 0.133. The molecule has 1 unspecified atom stereocenters. The van der Waals surface area contributed by atoms with Crippen molar-refractivity contribution in [3.05, 3.63) is 170 Å². The van der Waals surface area contributed by atoms with Gasteiger partial charge in [-0.05, 0) is 135 Å². The largest absolute Gasteiger partial charge is 0.462 e. The van der Waals surface area contributed by atoms with Gasteiger partial charge in [0.25, 0.3) is 0 Å². The van der Waals surface area contributed by atoms with E-state index in [1.54, 1.807) is 0 Å². The van der Waals surface area contributed by atoms with Gasteiger partial charge in [0.1, 0.15) is 13.2 Å². The number of ether oxygens (including phenoxy) is 3. The summed E-state index contributed by atoms with van der Waals surface area (Å²) < 4.78 is 16.7. The summed E-state index contributed by atoms with van der Waals surface area (Å²) in [5.41, 5.74) is 0. The summed E-state index contributed by atoms with van der Waals surface area (Å²) >= 11 is 0. The molecule has 1 atom stereocenters. The molecule has 0 heterocycles. The highest BCUT2D eigenvalue weighted by Crippen LogP contribution is 2.11. The van der Waals surface area contributed by atoms with Crippen molar-refractivity contribution in [3.63, 3.8) is 0 Å². The Morgan fingerprint density at radius 2 is 0.535 bits per heavy atom. The second-order valence-electron chi connectivity index (χ2n) is 17.3. The predicted molar refractivity (Wildman–Crippen MR) is 306 cm³/mol. The van der Waals surface area contributed by atoms with Gasteiger partial charge in [-0.15, -0.1) is 0 Å². The molecule has 0 aromatic heterocycles. The Labute approximate surface area is 434 Å². The van der Waals surface area contributed by atoms with E-state index in [1.807, 2.05) is 12.2 Å². The molecule has 394 valence electrons. The van der Waals surface area contributed by atoms with Crippen LogP contribution in [0.25, 0.3) is 0 Å². The maximum absolute atomic E-state index is 12.8. The van der Waals surface area contributed by atoms with Crippen LogP contribution in [0, 0.1) is 0 Å². The normalized spacial score (nSPS) is 13.5. The van der Waals surface area contributed by atoms with Crippen molar-refractivity contribution in [1.82, 2.24) is 0 Å². The molecular formula is C65H98O6. The van der Waals surface area contributed by atoms with E-state index in [0.717, 1.165) is 148 Å². The van der Waals surface area contributed by atoms with Crippen molar-refractivity contribution in [3.8, 4) is 0 Å². The maximum atomic E-state index is 12.8. The van der Waals surface area contributed by atoms with Gasteiger partial charge < -0.3 is 14.2 Å². The van der Waals surface area contributed by atoms with E-state index in [0.29, 0.717) is 19.3 Å². The predicted octanol–water partition coefficient (Wildman–Crippen LogP) is 18.8. The van der Waals surface area contributed by atoms with Crippen LogP contribution in [0.5, 0.6) is 0 Å². The highest BCUT2D eigenvalue weighted by atomic mass is 16.6. The van der Waals surface area contributed by atoms with Crippen molar-refractivity contribution in [2.75, 3.05) is 13.2 Å². The van der Waals surface area contributed by atoms with Crippen LogP contribution in [0.15, 0.2) is 170 Å². The summed E-state index contributed by atoms with van der Waals surface area (Å²) in [6.45, 7) is 6.16. The molecular weight excluding hydrogens is 877 g/mol. The molecule has 71 heavy (non-hydrogen) atoms. The molecule has 0 aromatic rings. The van der Waals surface area contributed by atoms with Crippen LogP contribution in [-0.4, -0.2) is 37.2 Å². The molecule has 0 N–H and O–H groups in total. The van der Waals surface area contributed by atoms with E-state index >= 15 is 0 Å². The van der Waals surface area contributed by atoms with Crippen molar-refractivity contribution in [1.29, 1.82) is 0 Å². The zero-order chi connectivity index (χ0) is 51.4. The van der Waals surface area contributed by atoms with Crippen LogP contribution in [0.1, 0.15) is 201 Å². The zero-order valence-electron chi connectivity index (χ0n) is 44.9. The summed E-state index contributed by atoms with van der Waals surface area (Å²) in [6.07, 6.45) is 85.0. The average Bonchev–Trinajstić information content (AvgIpc) is 3.37. The van der Waals surface area contributed by atoms with Crippen molar-refractivity contribution in [2.45, 2.75) is 207 Å². The summed E-state index contributed by atoms with van der Waals surface area (Å²) in [5.74, 6) is -1.08. The topological polar surface area (TPSA) is 78.9 Å². The van der Waals surface area contributed by atoms with Gasteiger partial charge in [0.05, 0.1) is 0 Å². The van der Waals surface area contributed by atoms with Gasteiger partial charge >= 0.3 is 17.9 Å². The highest BCUT2D eigenvalue weighted by Gasteiger charge is 2.19. The molecule has 0 spiro atoms. The van der Waals surface area contributed by atoms with E-state index in [2.05, 4.69) is 179 Å². The summed E-state index contributed by atoms with van der Waals surface area (Å²) in [5, 5.41) is 0. The lowest BCUT2D eigenvalue weighted by Crippen LogP contribution is -2.30. The van der Waals surface area contributed by atoms with Gasteiger partial charge in [0, 0.05) is 19.3 Å². The van der Waals surface area contributed by atoms with E-state index in [-0.39, 0.29) is 44.0 Å². The monoisotopic (exact) mass is 975 g/mol. The lowest BCUT2D eigenvalue weighted by Gasteiger charge is -2.18. The van der Waals surface area contributed by atoms with Crippen LogP contribution >= 0.6 is 0 Å². The van der Waals surface area contributed by atoms with Gasteiger partial charge in [-0.3, -0.25) is 14.4 Å².